The minimum Gasteiger partial charge on any atom is -0.385 e. The summed E-state index contributed by atoms with van der Waals surface area (Å²) in [6.45, 7) is 4.29. The molecule has 0 aromatic rings. The predicted molar refractivity (Wildman–Crippen MR) is 76.5 cm³/mol. The van der Waals surface area contributed by atoms with Crippen LogP contribution in [0.25, 0.3) is 0 Å². The molecule has 0 radical (unpaired) electrons. The van der Waals surface area contributed by atoms with E-state index in [4.69, 9.17) is 4.74 Å². The molecule has 0 spiro atoms. The van der Waals surface area contributed by atoms with Gasteiger partial charge in [-0.25, -0.2) is 4.79 Å². The highest BCUT2D eigenvalue weighted by molar-refractivity contribution is 5.75. The van der Waals surface area contributed by atoms with E-state index in [1.807, 2.05) is 0 Å². The van der Waals surface area contributed by atoms with Gasteiger partial charge in [-0.1, -0.05) is 0 Å². The van der Waals surface area contributed by atoms with E-state index >= 15 is 0 Å². The van der Waals surface area contributed by atoms with Gasteiger partial charge in [-0.2, -0.15) is 13.2 Å². The molecule has 4 nitrogen and oxygen atoms in total. The molecule has 0 bridgehead atoms. The fourth-order valence-corrected chi connectivity index (χ4v) is 3.38. The van der Waals surface area contributed by atoms with Crippen molar-refractivity contribution in [1.82, 2.24) is 10.2 Å². The van der Waals surface area contributed by atoms with Crippen molar-refractivity contribution in [3.8, 4) is 0 Å². The van der Waals surface area contributed by atoms with E-state index in [1.165, 1.54) is 18.7 Å². The van der Waals surface area contributed by atoms with Gasteiger partial charge in [0.05, 0.1) is 11.5 Å². The first kappa shape index (κ1) is 17.4. The Kier molecular flexibility index (Phi) is 4.66. The number of carbonyl (C=O) groups excluding carboxylic acids is 1. The molecule has 1 heterocycles. The SMILES string of the molecule is COCCC1(CNC(=O)N2CCC(C(F)(F)F)C2(C)C)CC1. The lowest BCUT2D eigenvalue weighted by molar-refractivity contribution is -0.189. The van der Waals surface area contributed by atoms with Crippen molar-refractivity contribution >= 4 is 6.03 Å². The van der Waals surface area contributed by atoms with Crippen molar-refractivity contribution in [2.24, 2.45) is 11.3 Å². The molecular weight excluding hydrogens is 297 g/mol. The lowest BCUT2D eigenvalue weighted by Crippen LogP contribution is -2.53. The van der Waals surface area contributed by atoms with E-state index in [9.17, 15) is 18.0 Å². The molecule has 1 unspecified atom stereocenters. The van der Waals surface area contributed by atoms with Crippen molar-refractivity contribution in [3.05, 3.63) is 0 Å². The Morgan fingerprint density at radius 3 is 2.45 bits per heavy atom. The highest BCUT2D eigenvalue weighted by atomic mass is 19.4. The van der Waals surface area contributed by atoms with Crippen LogP contribution in [0.1, 0.15) is 39.5 Å². The van der Waals surface area contributed by atoms with Gasteiger partial charge in [-0.15, -0.1) is 0 Å². The van der Waals surface area contributed by atoms with Gasteiger partial charge < -0.3 is 15.0 Å². The molecule has 128 valence electrons. The number of alkyl halides is 3. The maximum absolute atomic E-state index is 13.0. The average molecular weight is 322 g/mol. The molecule has 1 saturated carbocycles. The molecule has 1 N–H and O–H groups in total. The smallest absolute Gasteiger partial charge is 0.385 e. The zero-order valence-electron chi connectivity index (χ0n) is 13.4. The quantitative estimate of drug-likeness (QED) is 0.845. The number of rotatable bonds is 5. The number of nitrogens with zero attached hydrogens (tertiary/aromatic N) is 1. The van der Waals surface area contributed by atoms with Crippen LogP contribution < -0.4 is 5.32 Å². The first-order chi connectivity index (χ1) is 10.1. The maximum atomic E-state index is 13.0. The zero-order chi connectivity index (χ0) is 16.6. The molecule has 1 atom stereocenters. The van der Waals surface area contributed by atoms with Crippen LogP contribution in [0.15, 0.2) is 0 Å². The summed E-state index contributed by atoms with van der Waals surface area (Å²) < 4.78 is 44.2. The summed E-state index contributed by atoms with van der Waals surface area (Å²) in [5.74, 6) is -1.46. The van der Waals surface area contributed by atoms with Crippen LogP contribution in [0.4, 0.5) is 18.0 Å². The number of amides is 2. The second-order valence-corrected chi connectivity index (χ2v) is 7.09. The number of nitrogens with one attached hydrogen (secondary N) is 1. The standard InChI is InChI=1S/C15H25F3N2O2/c1-13(2)11(15(16,17)18)4-8-20(13)12(21)19-10-14(5-6-14)7-9-22-3/h11H,4-10H2,1-3H3,(H,19,21). The molecule has 2 aliphatic rings. The predicted octanol–water partition coefficient (Wildman–Crippen LogP) is 3.18. The molecular formula is C15H25F3N2O2. The summed E-state index contributed by atoms with van der Waals surface area (Å²) in [5, 5.41) is 2.83. The van der Waals surface area contributed by atoms with Gasteiger partial charge in [-0.3, -0.25) is 0 Å². The summed E-state index contributed by atoms with van der Waals surface area (Å²) in [4.78, 5) is 13.6. The van der Waals surface area contributed by atoms with Crippen LogP contribution in [0.5, 0.6) is 0 Å². The van der Waals surface area contributed by atoms with Crippen LogP contribution in [-0.4, -0.2) is 49.5 Å². The van der Waals surface area contributed by atoms with Gasteiger partial charge in [0.2, 0.25) is 0 Å². The van der Waals surface area contributed by atoms with Crippen molar-refractivity contribution in [3.63, 3.8) is 0 Å². The highest BCUT2D eigenvalue weighted by Crippen LogP contribution is 2.48. The van der Waals surface area contributed by atoms with Gasteiger partial charge in [0, 0.05) is 26.8 Å². The molecule has 22 heavy (non-hydrogen) atoms. The minimum absolute atomic E-state index is 0.0290. The fraction of sp³-hybridized carbons (Fsp3) is 0.933. The molecule has 1 saturated heterocycles. The van der Waals surface area contributed by atoms with Crippen molar-refractivity contribution in [2.45, 2.75) is 51.2 Å². The molecule has 1 aliphatic heterocycles. The molecule has 2 amide bonds. The molecule has 2 fully saturated rings. The zero-order valence-corrected chi connectivity index (χ0v) is 13.4. The van der Waals surface area contributed by atoms with Crippen LogP contribution in [-0.2, 0) is 4.74 Å². The number of halogens is 3. The van der Waals surface area contributed by atoms with Gasteiger partial charge in [0.15, 0.2) is 0 Å². The topological polar surface area (TPSA) is 41.6 Å². The van der Waals surface area contributed by atoms with E-state index in [0.717, 1.165) is 19.3 Å². The molecule has 0 aromatic carbocycles. The summed E-state index contributed by atoms with van der Waals surface area (Å²) >= 11 is 0. The largest absolute Gasteiger partial charge is 0.394 e. The Hall–Kier alpha value is -0.980. The number of hydrogen-bond acceptors (Lipinski definition) is 2. The summed E-state index contributed by atoms with van der Waals surface area (Å²) in [6, 6.07) is -0.388. The number of carbonyl (C=O) groups is 1. The Morgan fingerprint density at radius 1 is 1.36 bits per heavy atom. The third-order valence-corrected chi connectivity index (χ3v) is 5.24. The summed E-state index contributed by atoms with van der Waals surface area (Å²) in [5.41, 5.74) is -1.12. The van der Waals surface area contributed by atoms with Gasteiger partial charge in [0.25, 0.3) is 0 Å². The van der Waals surface area contributed by atoms with Crippen molar-refractivity contribution in [1.29, 1.82) is 0 Å². The van der Waals surface area contributed by atoms with Crippen LogP contribution in [0.3, 0.4) is 0 Å². The van der Waals surface area contributed by atoms with Crippen LogP contribution in [0, 0.1) is 11.3 Å². The van der Waals surface area contributed by atoms with E-state index in [-0.39, 0.29) is 24.4 Å². The Balaban J connectivity index is 1.91. The second kappa shape index (κ2) is 5.91. The molecule has 0 aromatic heterocycles. The van der Waals surface area contributed by atoms with E-state index in [2.05, 4.69) is 5.32 Å². The number of likely N-dealkylation sites (tertiary alicyclic amines) is 1. The lowest BCUT2D eigenvalue weighted by Gasteiger charge is -2.37. The first-order valence-electron chi connectivity index (χ1n) is 7.73. The second-order valence-electron chi connectivity index (χ2n) is 7.09. The molecule has 1 aliphatic carbocycles. The molecule has 2 rings (SSSR count). The third kappa shape index (κ3) is 3.50. The number of hydrogen-bond donors (Lipinski definition) is 1. The van der Waals surface area contributed by atoms with E-state index in [0.29, 0.717) is 13.2 Å². The Morgan fingerprint density at radius 2 is 2.00 bits per heavy atom. The van der Waals surface area contributed by atoms with Crippen molar-refractivity contribution < 1.29 is 22.7 Å². The van der Waals surface area contributed by atoms with Gasteiger partial charge >= 0.3 is 12.2 Å². The summed E-state index contributed by atoms with van der Waals surface area (Å²) in [6.07, 6.45) is -1.36. The fourth-order valence-electron chi connectivity index (χ4n) is 3.38. The van der Waals surface area contributed by atoms with E-state index < -0.39 is 17.6 Å². The first-order valence-corrected chi connectivity index (χ1v) is 7.73. The highest BCUT2D eigenvalue weighted by Gasteiger charge is 2.56. The van der Waals surface area contributed by atoms with Gasteiger partial charge in [0.1, 0.15) is 0 Å². The monoisotopic (exact) mass is 322 g/mol. The van der Waals surface area contributed by atoms with E-state index in [1.54, 1.807) is 7.11 Å². The average Bonchev–Trinajstić information content (AvgIpc) is 3.09. The number of urea groups is 1. The maximum Gasteiger partial charge on any atom is 0.394 e. The van der Waals surface area contributed by atoms with Crippen molar-refractivity contribution in [2.75, 3.05) is 26.8 Å². The Bertz CT molecular complexity index is 420. The molecule has 7 heteroatoms. The normalized spacial score (nSPS) is 26.1. The third-order valence-electron chi connectivity index (χ3n) is 5.24. The number of ether oxygens (including phenoxy) is 1. The Labute approximate surface area is 129 Å². The lowest BCUT2D eigenvalue weighted by atomic mass is 9.88. The van der Waals surface area contributed by atoms with Gasteiger partial charge in [-0.05, 0) is 44.9 Å². The van der Waals surface area contributed by atoms with Crippen LogP contribution in [0.2, 0.25) is 0 Å². The minimum atomic E-state index is -4.27. The number of methoxy groups -OCH3 is 1. The van der Waals surface area contributed by atoms with Crippen LogP contribution >= 0.6 is 0 Å². The summed E-state index contributed by atoms with van der Waals surface area (Å²) in [7, 11) is 1.64.